The number of hydrogen-bond donors (Lipinski definition) is 5. The second-order valence-corrected chi connectivity index (χ2v) is 12.1. The van der Waals surface area contributed by atoms with Crippen LogP contribution in [0.5, 0.6) is 0 Å². The fourth-order valence-corrected chi connectivity index (χ4v) is 5.32. The number of aliphatic carboxylic acids is 1. The highest BCUT2D eigenvalue weighted by molar-refractivity contribution is 5.99. The highest BCUT2D eigenvalue weighted by Crippen LogP contribution is 2.22. The van der Waals surface area contributed by atoms with E-state index in [0.717, 1.165) is 5.56 Å². The van der Waals surface area contributed by atoms with E-state index in [-0.39, 0.29) is 37.4 Å². The molecule has 0 saturated carbocycles. The van der Waals surface area contributed by atoms with Gasteiger partial charge in [0.25, 0.3) is 5.69 Å². The summed E-state index contributed by atoms with van der Waals surface area (Å²) in [6.07, 6.45) is 0.539. The maximum absolute atomic E-state index is 13.8. The van der Waals surface area contributed by atoms with Crippen LogP contribution in [0.25, 0.3) is 0 Å². The first kappa shape index (κ1) is 37.1. The van der Waals surface area contributed by atoms with Crippen LogP contribution in [0.1, 0.15) is 58.4 Å². The Balaban J connectivity index is 1.74. The van der Waals surface area contributed by atoms with E-state index in [1.54, 1.807) is 24.3 Å². The Labute approximate surface area is 278 Å². The average molecular weight is 667 g/mol. The zero-order valence-corrected chi connectivity index (χ0v) is 27.1. The van der Waals surface area contributed by atoms with Gasteiger partial charge < -0.3 is 31.3 Å². The number of nitro benzene ring substituents is 1. The van der Waals surface area contributed by atoms with Gasteiger partial charge in [-0.25, -0.2) is 0 Å². The van der Waals surface area contributed by atoms with Crippen molar-refractivity contribution in [2.24, 2.45) is 5.92 Å². The predicted octanol–water partition coefficient (Wildman–Crippen LogP) is 2.15. The molecule has 0 spiro atoms. The fourth-order valence-electron chi connectivity index (χ4n) is 5.32. The number of non-ortho nitro benzene ring substituents is 1. The number of nitro groups is 1. The highest BCUT2D eigenvalue weighted by Gasteiger charge is 2.39. The van der Waals surface area contributed by atoms with E-state index in [9.17, 15) is 38.9 Å². The molecule has 5 N–H and O–H groups in total. The van der Waals surface area contributed by atoms with Crippen LogP contribution in [0.2, 0.25) is 0 Å². The zero-order chi connectivity index (χ0) is 35.4. The van der Waals surface area contributed by atoms with Gasteiger partial charge in [0.1, 0.15) is 24.2 Å². The summed E-state index contributed by atoms with van der Waals surface area (Å²) in [4.78, 5) is 88.6. The Morgan fingerprint density at radius 3 is 2.17 bits per heavy atom. The van der Waals surface area contributed by atoms with Crippen molar-refractivity contribution in [3.05, 3.63) is 70.3 Å². The summed E-state index contributed by atoms with van der Waals surface area (Å²) >= 11 is 0. The van der Waals surface area contributed by atoms with E-state index in [4.69, 9.17) is 5.11 Å². The van der Waals surface area contributed by atoms with Crippen molar-refractivity contribution < 1.29 is 38.8 Å². The Morgan fingerprint density at radius 1 is 0.896 bits per heavy atom. The minimum absolute atomic E-state index is 0.0204. The molecule has 4 atom stereocenters. The van der Waals surface area contributed by atoms with Gasteiger partial charge in [-0.1, -0.05) is 44.2 Å². The van der Waals surface area contributed by atoms with Gasteiger partial charge in [0, 0.05) is 37.2 Å². The van der Waals surface area contributed by atoms with Crippen molar-refractivity contribution in [2.75, 3.05) is 11.9 Å². The van der Waals surface area contributed by atoms with Crippen LogP contribution in [-0.2, 0) is 35.2 Å². The van der Waals surface area contributed by atoms with Gasteiger partial charge in [-0.15, -0.1) is 0 Å². The van der Waals surface area contributed by atoms with Crippen LogP contribution in [0.4, 0.5) is 11.4 Å². The van der Waals surface area contributed by atoms with Crippen molar-refractivity contribution in [3.63, 3.8) is 0 Å². The minimum Gasteiger partial charge on any atom is -0.481 e. The molecule has 3 rings (SSSR count). The number of likely N-dealkylation sites (tertiary alicyclic amines) is 1. The van der Waals surface area contributed by atoms with E-state index >= 15 is 0 Å². The van der Waals surface area contributed by atoms with Crippen molar-refractivity contribution >= 4 is 46.9 Å². The summed E-state index contributed by atoms with van der Waals surface area (Å²) in [7, 11) is 0. The smallest absolute Gasteiger partial charge is 0.303 e. The molecule has 4 unspecified atom stereocenters. The van der Waals surface area contributed by atoms with Crippen LogP contribution in [0.3, 0.4) is 0 Å². The SMILES string of the molecule is CC(C)CC(NC(=O)C(C)NC(=O)CCC(=O)O)C(=O)N1CCCC1C(=O)NC(Cc1ccccc1)C(=O)Nc1ccc([N+](=O)[O-])cc1. The Kier molecular flexibility index (Phi) is 13.6. The van der Waals surface area contributed by atoms with Gasteiger partial charge in [0.05, 0.1) is 11.3 Å². The first-order valence-electron chi connectivity index (χ1n) is 15.8. The lowest BCUT2D eigenvalue weighted by molar-refractivity contribution is -0.384. The Morgan fingerprint density at radius 2 is 1.56 bits per heavy atom. The number of nitrogens with one attached hydrogen (secondary N) is 4. The molecular weight excluding hydrogens is 624 g/mol. The van der Waals surface area contributed by atoms with E-state index in [2.05, 4.69) is 21.3 Å². The van der Waals surface area contributed by atoms with E-state index in [1.165, 1.54) is 36.1 Å². The monoisotopic (exact) mass is 666 g/mol. The van der Waals surface area contributed by atoms with Crippen molar-refractivity contribution in [1.82, 2.24) is 20.9 Å². The molecule has 1 saturated heterocycles. The van der Waals surface area contributed by atoms with E-state index in [1.807, 2.05) is 19.9 Å². The normalized spacial score (nSPS) is 15.9. The lowest BCUT2D eigenvalue weighted by Gasteiger charge is -2.31. The Bertz CT molecular complexity index is 1480. The molecule has 0 aromatic heterocycles. The summed E-state index contributed by atoms with van der Waals surface area (Å²) in [6, 6.07) is 10.3. The summed E-state index contributed by atoms with van der Waals surface area (Å²) in [5.74, 6) is -4.00. The number of anilines is 1. The maximum Gasteiger partial charge on any atom is 0.303 e. The molecule has 1 aliphatic rings. The van der Waals surface area contributed by atoms with Crippen molar-refractivity contribution in [1.29, 1.82) is 0 Å². The van der Waals surface area contributed by atoms with Gasteiger partial charge in [-0.3, -0.25) is 38.9 Å². The molecule has 15 nitrogen and oxygen atoms in total. The first-order valence-corrected chi connectivity index (χ1v) is 15.8. The second-order valence-electron chi connectivity index (χ2n) is 12.1. The maximum atomic E-state index is 13.8. The van der Waals surface area contributed by atoms with Crippen LogP contribution in [0.15, 0.2) is 54.6 Å². The predicted molar refractivity (Wildman–Crippen MR) is 174 cm³/mol. The molecule has 48 heavy (non-hydrogen) atoms. The lowest BCUT2D eigenvalue weighted by atomic mass is 10.0. The van der Waals surface area contributed by atoms with Crippen molar-refractivity contribution in [3.8, 4) is 0 Å². The minimum atomic E-state index is -1.15. The van der Waals surface area contributed by atoms with E-state index in [0.29, 0.717) is 18.5 Å². The van der Waals surface area contributed by atoms with Crippen LogP contribution >= 0.6 is 0 Å². The van der Waals surface area contributed by atoms with Gasteiger partial charge in [-0.2, -0.15) is 0 Å². The molecule has 1 heterocycles. The molecule has 0 radical (unpaired) electrons. The number of benzene rings is 2. The topological polar surface area (TPSA) is 217 Å². The largest absolute Gasteiger partial charge is 0.481 e. The molecule has 1 fully saturated rings. The van der Waals surface area contributed by atoms with Crippen molar-refractivity contribution in [2.45, 2.75) is 83.5 Å². The average Bonchev–Trinajstić information content (AvgIpc) is 3.53. The second kappa shape index (κ2) is 17.5. The van der Waals surface area contributed by atoms with Gasteiger partial charge >= 0.3 is 5.97 Å². The summed E-state index contributed by atoms with van der Waals surface area (Å²) in [6.45, 7) is 5.41. The van der Waals surface area contributed by atoms with Gasteiger partial charge in [0.2, 0.25) is 29.5 Å². The molecule has 15 heteroatoms. The van der Waals surface area contributed by atoms with Crippen LogP contribution in [0, 0.1) is 16.0 Å². The number of carbonyl (C=O) groups excluding carboxylic acids is 5. The first-order chi connectivity index (χ1) is 22.7. The third-order valence-corrected chi connectivity index (χ3v) is 7.76. The third kappa shape index (κ3) is 11.2. The van der Waals surface area contributed by atoms with Crippen LogP contribution < -0.4 is 21.3 Å². The number of hydrogen-bond acceptors (Lipinski definition) is 8. The molecule has 5 amide bonds. The number of carbonyl (C=O) groups is 6. The molecule has 0 aliphatic carbocycles. The number of nitrogens with zero attached hydrogens (tertiary/aromatic N) is 2. The molecule has 0 bridgehead atoms. The summed E-state index contributed by atoms with van der Waals surface area (Å²) in [5.41, 5.74) is 0.926. The van der Waals surface area contributed by atoms with Gasteiger partial charge in [0.15, 0.2) is 0 Å². The lowest BCUT2D eigenvalue weighted by Crippen LogP contribution is -2.57. The number of carboxylic acids is 1. The molecule has 258 valence electrons. The standard InChI is InChI=1S/C33H42N6O9/c1-20(2)18-26(37-30(43)21(3)34-28(40)15-16-29(41)42)33(46)38-17-7-10-27(38)32(45)36-25(19-22-8-5-4-6-9-22)31(44)35-23-11-13-24(14-12-23)39(47)48/h4-6,8-9,11-14,20-21,25-27H,7,10,15-19H2,1-3H3,(H,34,40)(H,35,44)(H,36,45)(H,37,43)(H,41,42). The third-order valence-electron chi connectivity index (χ3n) is 7.76. The fraction of sp³-hybridized carbons (Fsp3) is 0.455. The van der Waals surface area contributed by atoms with E-state index < -0.39 is 71.0 Å². The summed E-state index contributed by atoms with van der Waals surface area (Å²) < 4.78 is 0. The number of rotatable bonds is 16. The molecular formula is C33H42N6O9. The molecule has 2 aromatic carbocycles. The zero-order valence-electron chi connectivity index (χ0n) is 27.1. The quantitative estimate of drug-likeness (QED) is 0.131. The highest BCUT2D eigenvalue weighted by atomic mass is 16.6. The summed E-state index contributed by atoms with van der Waals surface area (Å²) in [5, 5.41) is 30.4. The Hall–Kier alpha value is -5.34. The number of carboxylic acid groups (broad SMARTS) is 1. The van der Waals surface area contributed by atoms with Gasteiger partial charge in [-0.05, 0) is 49.8 Å². The molecule has 2 aromatic rings. The van der Waals surface area contributed by atoms with Crippen LogP contribution in [-0.4, -0.2) is 81.1 Å². The number of amides is 5. The molecule has 1 aliphatic heterocycles.